The number of nitrogen functional groups attached to an aromatic ring is 1. The third kappa shape index (κ3) is 2.63. The van der Waals surface area contributed by atoms with Crippen LogP contribution >= 0.6 is 0 Å². The average Bonchev–Trinajstić information content (AvgIpc) is 2.28. The van der Waals surface area contributed by atoms with Crippen molar-refractivity contribution in [3.63, 3.8) is 0 Å². The molecule has 18 heavy (non-hydrogen) atoms. The fourth-order valence-corrected chi connectivity index (χ4v) is 3.08. The Morgan fingerprint density at radius 3 is 2.28 bits per heavy atom. The lowest BCUT2D eigenvalue weighted by Crippen LogP contribution is -2.38. The summed E-state index contributed by atoms with van der Waals surface area (Å²) in [5.74, 6) is 0.832. The first-order chi connectivity index (χ1) is 8.39. The van der Waals surface area contributed by atoms with E-state index in [4.69, 9.17) is 5.73 Å². The second kappa shape index (κ2) is 4.83. The molecule has 0 unspecified atom stereocenters. The monoisotopic (exact) mass is 246 g/mol. The van der Waals surface area contributed by atoms with Crippen molar-refractivity contribution in [1.82, 2.24) is 0 Å². The first kappa shape index (κ1) is 13.3. The molecule has 100 valence electrons. The second-order valence-corrected chi connectivity index (χ2v) is 6.64. The molecule has 2 rings (SSSR count). The Morgan fingerprint density at radius 2 is 1.78 bits per heavy atom. The van der Waals surface area contributed by atoms with Gasteiger partial charge in [-0.15, -0.1) is 0 Å². The maximum atomic E-state index is 6.13. The first-order valence-corrected chi connectivity index (χ1v) is 6.99. The van der Waals surface area contributed by atoms with Crippen LogP contribution < -0.4 is 10.6 Å². The highest BCUT2D eigenvalue weighted by molar-refractivity contribution is 5.71. The van der Waals surface area contributed by atoms with Crippen LogP contribution in [0, 0.1) is 18.3 Å². The molecule has 2 nitrogen and oxygen atoms in total. The van der Waals surface area contributed by atoms with Gasteiger partial charge < -0.3 is 10.6 Å². The summed E-state index contributed by atoms with van der Waals surface area (Å²) in [6.07, 6.45) is 2.55. The summed E-state index contributed by atoms with van der Waals surface area (Å²) >= 11 is 0. The Kier molecular flexibility index (Phi) is 3.56. The number of nitrogens with zero attached hydrogens (tertiary/aromatic N) is 1. The molecule has 1 aromatic rings. The topological polar surface area (TPSA) is 29.3 Å². The van der Waals surface area contributed by atoms with Crippen LogP contribution in [0.25, 0.3) is 0 Å². The fourth-order valence-electron chi connectivity index (χ4n) is 3.08. The molecule has 0 radical (unpaired) electrons. The molecule has 0 saturated carbocycles. The zero-order valence-corrected chi connectivity index (χ0v) is 12.2. The molecule has 2 heteroatoms. The molecule has 1 heterocycles. The van der Waals surface area contributed by atoms with Crippen LogP contribution in [-0.4, -0.2) is 13.1 Å². The average molecular weight is 246 g/mol. The van der Waals surface area contributed by atoms with Crippen molar-refractivity contribution in [3.05, 3.63) is 23.8 Å². The molecule has 0 spiro atoms. The van der Waals surface area contributed by atoms with Crippen molar-refractivity contribution in [2.75, 3.05) is 23.7 Å². The van der Waals surface area contributed by atoms with Crippen molar-refractivity contribution in [1.29, 1.82) is 0 Å². The molecule has 0 atom stereocenters. The van der Waals surface area contributed by atoms with E-state index in [0.717, 1.165) is 24.7 Å². The highest BCUT2D eigenvalue weighted by Crippen LogP contribution is 2.37. The maximum absolute atomic E-state index is 6.13. The highest BCUT2D eigenvalue weighted by atomic mass is 15.1. The van der Waals surface area contributed by atoms with Crippen molar-refractivity contribution in [2.24, 2.45) is 11.3 Å². The predicted octanol–water partition coefficient (Wildman–Crippen LogP) is 3.84. The third-order valence-electron chi connectivity index (χ3n) is 4.30. The Balaban J connectivity index is 2.11. The molecule has 0 amide bonds. The highest BCUT2D eigenvalue weighted by Gasteiger charge is 2.29. The number of rotatable bonds is 1. The molecular formula is C16H26N2. The van der Waals surface area contributed by atoms with E-state index in [0.29, 0.717) is 5.41 Å². The smallest absolute Gasteiger partial charge is 0.0629 e. The predicted molar refractivity (Wildman–Crippen MR) is 80.0 cm³/mol. The maximum Gasteiger partial charge on any atom is 0.0629 e. The van der Waals surface area contributed by atoms with E-state index < -0.39 is 0 Å². The minimum Gasteiger partial charge on any atom is -0.397 e. The van der Waals surface area contributed by atoms with E-state index in [9.17, 15) is 0 Å². The largest absolute Gasteiger partial charge is 0.397 e. The van der Waals surface area contributed by atoms with E-state index in [1.54, 1.807) is 0 Å². The van der Waals surface area contributed by atoms with Crippen LogP contribution in [0.4, 0.5) is 11.4 Å². The number of hydrogen-bond acceptors (Lipinski definition) is 2. The van der Waals surface area contributed by atoms with Gasteiger partial charge in [-0.1, -0.05) is 32.9 Å². The van der Waals surface area contributed by atoms with Crippen molar-refractivity contribution < 1.29 is 0 Å². The van der Waals surface area contributed by atoms with Gasteiger partial charge in [-0.25, -0.2) is 0 Å². The van der Waals surface area contributed by atoms with Gasteiger partial charge in [0.25, 0.3) is 0 Å². The number of hydrogen-bond donors (Lipinski definition) is 1. The van der Waals surface area contributed by atoms with Crippen molar-refractivity contribution in [2.45, 2.75) is 40.5 Å². The third-order valence-corrected chi connectivity index (χ3v) is 4.30. The van der Waals surface area contributed by atoms with Gasteiger partial charge in [-0.3, -0.25) is 0 Å². The minimum atomic E-state index is 0.434. The summed E-state index contributed by atoms with van der Waals surface area (Å²) in [6.45, 7) is 11.5. The Bertz CT molecular complexity index is 389. The molecule has 2 N–H and O–H groups in total. The van der Waals surface area contributed by atoms with Gasteiger partial charge in [0, 0.05) is 13.1 Å². The van der Waals surface area contributed by atoms with Gasteiger partial charge in [-0.2, -0.15) is 0 Å². The van der Waals surface area contributed by atoms with Crippen molar-refractivity contribution >= 4 is 11.4 Å². The van der Waals surface area contributed by atoms with Gasteiger partial charge in [-0.05, 0) is 42.7 Å². The Morgan fingerprint density at radius 1 is 1.17 bits per heavy atom. The van der Waals surface area contributed by atoms with E-state index in [1.807, 2.05) is 12.1 Å². The van der Waals surface area contributed by atoms with Crippen LogP contribution in [0.1, 0.15) is 39.2 Å². The van der Waals surface area contributed by atoms with E-state index in [-0.39, 0.29) is 0 Å². The quantitative estimate of drug-likeness (QED) is 0.763. The Labute approximate surface area is 111 Å². The number of benzene rings is 1. The molecule has 1 aromatic carbocycles. The fraction of sp³-hybridized carbons (Fsp3) is 0.625. The van der Waals surface area contributed by atoms with Gasteiger partial charge in [0.05, 0.1) is 11.4 Å². The lowest BCUT2D eigenvalue weighted by atomic mass is 9.75. The normalized spacial score (nSPS) is 18.1. The molecule has 0 aromatic heterocycles. The number of aryl methyl sites for hydroxylation is 1. The lowest BCUT2D eigenvalue weighted by Gasteiger charge is -2.40. The van der Waals surface area contributed by atoms with Gasteiger partial charge in [0.1, 0.15) is 0 Å². The summed E-state index contributed by atoms with van der Waals surface area (Å²) in [5.41, 5.74) is 10.0. The van der Waals surface area contributed by atoms with E-state index >= 15 is 0 Å². The molecule has 0 bridgehead atoms. The van der Waals surface area contributed by atoms with Crippen LogP contribution in [-0.2, 0) is 0 Å². The minimum absolute atomic E-state index is 0.434. The van der Waals surface area contributed by atoms with Gasteiger partial charge in [0.15, 0.2) is 0 Å². The summed E-state index contributed by atoms with van der Waals surface area (Å²) < 4.78 is 0. The number of nitrogens with two attached hydrogens (primary N) is 1. The summed E-state index contributed by atoms with van der Waals surface area (Å²) in [5, 5.41) is 0. The van der Waals surface area contributed by atoms with Crippen molar-refractivity contribution in [3.8, 4) is 0 Å². The second-order valence-electron chi connectivity index (χ2n) is 6.64. The van der Waals surface area contributed by atoms with E-state index in [1.165, 1.54) is 24.1 Å². The molecular weight excluding hydrogens is 220 g/mol. The van der Waals surface area contributed by atoms with Crippen LogP contribution in [0.15, 0.2) is 18.2 Å². The van der Waals surface area contributed by atoms with Gasteiger partial charge in [0.2, 0.25) is 0 Å². The van der Waals surface area contributed by atoms with Crippen LogP contribution in [0.3, 0.4) is 0 Å². The molecule has 1 aliphatic rings. The summed E-state index contributed by atoms with van der Waals surface area (Å²) in [4.78, 5) is 2.47. The zero-order chi connectivity index (χ0) is 13.3. The van der Waals surface area contributed by atoms with Crippen LogP contribution in [0.5, 0.6) is 0 Å². The summed E-state index contributed by atoms with van der Waals surface area (Å²) in [6, 6.07) is 6.20. The number of piperidine rings is 1. The number of anilines is 2. The summed E-state index contributed by atoms with van der Waals surface area (Å²) in [7, 11) is 0. The standard InChI is InChI=1S/C16H26N2/c1-12-6-5-7-14(17)15(12)18-10-8-13(9-11-18)16(2,3)4/h5-7,13H,8-11,17H2,1-4H3. The zero-order valence-electron chi connectivity index (χ0n) is 12.2. The molecule has 0 aliphatic carbocycles. The first-order valence-electron chi connectivity index (χ1n) is 6.99. The molecule has 1 saturated heterocycles. The van der Waals surface area contributed by atoms with Crippen LogP contribution in [0.2, 0.25) is 0 Å². The lowest BCUT2D eigenvalue weighted by molar-refractivity contribution is 0.199. The Hall–Kier alpha value is -1.18. The van der Waals surface area contributed by atoms with E-state index in [2.05, 4.69) is 38.7 Å². The molecule has 1 fully saturated rings. The molecule has 1 aliphatic heterocycles. The number of para-hydroxylation sites is 1. The SMILES string of the molecule is Cc1cccc(N)c1N1CCC(C(C)(C)C)CC1. The van der Waals surface area contributed by atoms with Gasteiger partial charge >= 0.3 is 0 Å².